The van der Waals surface area contributed by atoms with Gasteiger partial charge in [-0.1, -0.05) is 58.4 Å². The third-order valence-electron chi connectivity index (χ3n) is 4.05. The zero-order valence-corrected chi connectivity index (χ0v) is 14.7. The van der Waals surface area contributed by atoms with Crippen molar-refractivity contribution in [2.24, 2.45) is 5.41 Å². The first kappa shape index (κ1) is 18.1. The Morgan fingerprint density at radius 1 is 0.870 bits per heavy atom. The predicted molar refractivity (Wildman–Crippen MR) is 95.2 cm³/mol. The largest absolute Gasteiger partial charge is 0.396 e. The van der Waals surface area contributed by atoms with Crippen molar-refractivity contribution in [3.8, 4) is 0 Å². The van der Waals surface area contributed by atoms with Crippen molar-refractivity contribution in [2.45, 2.75) is 19.4 Å². The smallest absolute Gasteiger partial charge is 0.0716 e. The highest BCUT2D eigenvalue weighted by atomic mass is 79.9. The van der Waals surface area contributed by atoms with Crippen molar-refractivity contribution in [3.63, 3.8) is 0 Å². The molecular weight excluding hydrogens is 356 g/mol. The molecule has 0 aliphatic rings. The SMILES string of the molecule is OCC(CO)(CCOCc1ccccc1)Cc1ccc(Br)cc1. The van der Waals surface area contributed by atoms with Crippen LogP contribution in [0.4, 0.5) is 0 Å². The van der Waals surface area contributed by atoms with Crippen molar-refractivity contribution in [3.05, 3.63) is 70.2 Å². The van der Waals surface area contributed by atoms with Crippen LogP contribution in [0.25, 0.3) is 0 Å². The van der Waals surface area contributed by atoms with Gasteiger partial charge in [0.25, 0.3) is 0 Å². The standard InChI is InChI=1S/C19H23BrO3/c20-18-8-6-16(7-9-18)12-19(14-21,15-22)10-11-23-13-17-4-2-1-3-5-17/h1-9,21-22H,10-15H2. The highest BCUT2D eigenvalue weighted by Gasteiger charge is 2.29. The lowest BCUT2D eigenvalue weighted by molar-refractivity contribution is 0.0124. The highest BCUT2D eigenvalue weighted by molar-refractivity contribution is 9.10. The van der Waals surface area contributed by atoms with Crippen LogP contribution < -0.4 is 0 Å². The lowest BCUT2D eigenvalue weighted by atomic mass is 9.80. The molecule has 0 radical (unpaired) electrons. The second kappa shape index (κ2) is 9.18. The first-order valence-corrected chi connectivity index (χ1v) is 8.55. The molecule has 2 aromatic carbocycles. The van der Waals surface area contributed by atoms with Gasteiger partial charge in [-0.25, -0.2) is 0 Å². The molecule has 0 aliphatic carbocycles. The molecule has 124 valence electrons. The van der Waals surface area contributed by atoms with E-state index in [9.17, 15) is 10.2 Å². The van der Waals surface area contributed by atoms with E-state index in [-0.39, 0.29) is 13.2 Å². The Bertz CT molecular complexity index is 565. The Labute approximate surface area is 146 Å². The van der Waals surface area contributed by atoms with E-state index in [1.54, 1.807) is 0 Å². The van der Waals surface area contributed by atoms with E-state index in [4.69, 9.17) is 4.74 Å². The van der Waals surface area contributed by atoms with Gasteiger partial charge in [0.15, 0.2) is 0 Å². The van der Waals surface area contributed by atoms with Crippen LogP contribution in [-0.4, -0.2) is 30.0 Å². The molecule has 2 aromatic rings. The van der Waals surface area contributed by atoms with Crippen LogP contribution in [0.3, 0.4) is 0 Å². The van der Waals surface area contributed by atoms with Gasteiger partial charge in [-0.15, -0.1) is 0 Å². The molecule has 0 spiro atoms. The normalized spacial score (nSPS) is 11.6. The summed E-state index contributed by atoms with van der Waals surface area (Å²) in [6, 6.07) is 18.0. The molecule has 0 saturated carbocycles. The number of halogens is 1. The summed E-state index contributed by atoms with van der Waals surface area (Å²) in [5, 5.41) is 19.6. The molecule has 0 fully saturated rings. The Morgan fingerprint density at radius 3 is 2.13 bits per heavy atom. The summed E-state index contributed by atoms with van der Waals surface area (Å²) in [6.45, 7) is 0.932. The topological polar surface area (TPSA) is 49.7 Å². The van der Waals surface area contributed by atoms with Crippen LogP contribution in [0.15, 0.2) is 59.1 Å². The lowest BCUT2D eigenvalue weighted by Crippen LogP contribution is -2.33. The number of benzene rings is 2. The zero-order valence-electron chi connectivity index (χ0n) is 13.1. The fraction of sp³-hybridized carbons (Fsp3) is 0.368. The maximum atomic E-state index is 9.78. The van der Waals surface area contributed by atoms with Crippen molar-refractivity contribution in [1.29, 1.82) is 0 Å². The van der Waals surface area contributed by atoms with E-state index >= 15 is 0 Å². The zero-order chi connectivity index (χ0) is 16.5. The number of hydrogen-bond donors (Lipinski definition) is 2. The minimum absolute atomic E-state index is 0.0612. The maximum absolute atomic E-state index is 9.78. The average Bonchev–Trinajstić information content (AvgIpc) is 2.60. The molecule has 0 bridgehead atoms. The van der Waals surface area contributed by atoms with E-state index in [2.05, 4.69) is 15.9 Å². The van der Waals surface area contributed by atoms with Crippen LogP contribution >= 0.6 is 15.9 Å². The van der Waals surface area contributed by atoms with Crippen LogP contribution in [0.1, 0.15) is 17.5 Å². The quantitative estimate of drug-likeness (QED) is 0.655. The van der Waals surface area contributed by atoms with E-state index < -0.39 is 5.41 Å². The van der Waals surface area contributed by atoms with E-state index in [0.29, 0.717) is 26.1 Å². The molecule has 0 atom stereocenters. The summed E-state index contributed by atoms with van der Waals surface area (Å²) in [5.74, 6) is 0. The molecule has 0 aromatic heterocycles. The summed E-state index contributed by atoms with van der Waals surface area (Å²) in [5.41, 5.74) is 1.67. The van der Waals surface area contributed by atoms with Crippen molar-refractivity contribution in [1.82, 2.24) is 0 Å². The number of rotatable bonds is 9. The lowest BCUT2D eigenvalue weighted by Gasteiger charge is -2.30. The second-order valence-electron chi connectivity index (χ2n) is 5.91. The number of ether oxygens (including phenoxy) is 1. The van der Waals surface area contributed by atoms with Crippen molar-refractivity contribution < 1.29 is 14.9 Å². The number of aliphatic hydroxyl groups is 2. The van der Waals surface area contributed by atoms with Gasteiger partial charge < -0.3 is 14.9 Å². The highest BCUT2D eigenvalue weighted by Crippen LogP contribution is 2.27. The third kappa shape index (κ3) is 5.74. The molecule has 23 heavy (non-hydrogen) atoms. The Morgan fingerprint density at radius 2 is 1.52 bits per heavy atom. The molecule has 0 aliphatic heterocycles. The molecule has 4 heteroatoms. The van der Waals surface area contributed by atoms with Gasteiger partial charge in [0, 0.05) is 16.5 Å². The van der Waals surface area contributed by atoms with Gasteiger partial charge in [-0.2, -0.15) is 0 Å². The minimum atomic E-state index is -0.551. The van der Waals surface area contributed by atoms with E-state index in [0.717, 1.165) is 15.6 Å². The summed E-state index contributed by atoms with van der Waals surface area (Å²) in [6.07, 6.45) is 1.24. The van der Waals surface area contributed by atoms with Gasteiger partial charge in [0.05, 0.1) is 19.8 Å². The summed E-state index contributed by atoms with van der Waals surface area (Å²) in [4.78, 5) is 0. The number of aliphatic hydroxyl groups excluding tert-OH is 2. The second-order valence-corrected chi connectivity index (χ2v) is 6.82. The Kier molecular flexibility index (Phi) is 7.24. The van der Waals surface area contributed by atoms with Crippen LogP contribution in [-0.2, 0) is 17.8 Å². The maximum Gasteiger partial charge on any atom is 0.0716 e. The molecule has 3 nitrogen and oxygen atoms in total. The summed E-state index contributed by atoms with van der Waals surface area (Å²) < 4.78 is 6.73. The first-order chi connectivity index (χ1) is 11.2. The van der Waals surface area contributed by atoms with E-state index in [1.807, 2.05) is 54.6 Å². The Hall–Kier alpha value is -1.20. The van der Waals surface area contributed by atoms with Gasteiger partial charge >= 0.3 is 0 Å². The van der Waals surface area contributed by atoms with Crippen molar-refractivity contribution in [2.75, 3.05) is 19.8 Å². The van der Waals surface area contributed by atoms with E-state index in [1.165, 1.54) is 0 Å². The molecule has 0 amide bonds. The van der Waals surface area contributed by atoms with Gasteiger partial charge in [-0.3, -0.25) is 0 Å². The van der Waals surface area contributed by atoms with Crippen LogP contribution in [0.2, 0.25) is 0 Å². The Balaban J connectivity index is 1.88. The van der Waals surface area contributed by atoms with Crippen molar-refractivity contribution >= 4 is 15.9 Å². The minimum Gasteiger partial charge on any atom is -0.396 e. The average molecular weight is 379 g/mol. The molecular formula is C19H23BrO3. The fourth-order valence-electron chi connectivity index (χ4n) is 2.50. The fourth-order valence-corrected chi connectivity index (χ4v) is 2.76. The summed E-state index contributed by atoms with van der Waals surface area (Å²) in [7, 11) is 0. The van der Waals surface area contributed by atoms with Gasteiger partial charge in [-0.05, 0) is 36.1 Å². The predicted octanol–water partition coefficient (Wildman–Crippen LogP) is 3.57. The third-order valence-corrected chi connectivity index (χ3v) is 4.58. The molecule has 2 N–H and O–H groups in total. The van der Waals surface area contributed by atoms with Gasteiger partial charge in [0.2, 0.25) is 0 Å². The van der Waals surface area contributed by atoms with Crippen LogP contribution in [0.5, 0.6) is 0 Å². The van der Waals surface area contributed by atoms with Crippen LogP contribution in [0, 0.1) is 5.41 Å². The molecule has 0 unspecified atom stereocenters. The first-order valence-electron chi connectivity index (χ1n) is 7.75. The van der Waals surface area contributed by atoms with Gasteiger partial charge in [0.1, 0.15) is 0 Å². The molecule has 0 saturated heterocycles. The molecule has 0 heterocycles. The molecule has 2 rings (SSSR count). The monoisotopic (exact) mass is 378 g/mol. The summed E-state index contributed by atoms with van der Waals surface area (Å²) >= 11 is 3.41. The number of hydrogen-bond acceptors (Lipinski definition) is 3.